The molecule has 1 aromatic carbocycles. The molecule has 0 radical (unpaired) electrons. The van der Waals surface area contributed by atoms with E-state index in [1.807, 2.05) is 22.9 Å². The van der Waals surface area contributed by atoms with Gasteiger partial charge in [0.25, 0.3) is 0 Å². The van der Waals surface area contributed by atoms with Crippen molar-refractivity contribution in [1.29, 1.82) is 0 Å². The summed E-state index contributed by atoms with van der Waals surface area (Å²) in [4.78, 5) is 0. The SMILES string of the molecule is CP1(=O)NCCN1Cc1ccccc1. The van der Waals surface area contributed by atoms with Gasteiger partial charge >= 0.3 is 0 Å². The Morgan fingerprint density at radius 3 is 2.71 bits per heavy atom. The Balaban J connectivity index is 2.09. The Labute approximate surface area is 84.6 Å². The molecule has 1 aliphatic heterocycles. The van der Waals surface area contributed by atoms with Crippen molar-refractivity contribution in [3.8, 4) is 0 Å². The van der Waals surface area contributed by atoms with Crippen LogP contribution in [0.4, 0.5) is 0 Å². The summed E-state index contributed by atoms with van der Waals surface area (Å²) in [7, 11) is -2.24. The molecule has 0 aromatic heterocycles. The highest BCUT2D eigenvalue weighted by Crippen LogP contribution is 2.45. The number of hydrogen-bond acceptors (Lipinski definition) is 1. The van der Waals surface area contributed by atoms with Gasteiger partial charge in [-0.3, -0.25) is 9.65 Å². The first-order chi connectivity index (χ1) is 6.68. The van der Waals surface area contributed by atoms with Gasteiger partial charge in [-0.2, -0.15) is 0 Å². The molecule has 4 heteroatoms. The Bertz CT molecular complexity index is 352. The van der Waals surface area contributed by atoms with E-state index in [-0.39, 0.29) is 0 Å². The molecule has 0 bridgehead atoms. The zero-order chi connectivity index (χ0) is 10.0. The molecular weight excluding hydrogens is 195 g/mol. The lowest BCUT2D eigenvalue weighted by molar-refractivity contribution is 0.447. The van der Waals surface area contributed by atoms with Gasteiger partial charge in [0.2, 0.25) is 7.44 Å². The van der Waals surface area contributed by atoms with Gasteiger partial charge in [-0.1, -0.05) is 30.3 Å². The van der Waals surface area contributed by atoms with Crippen LogP contribution in [0.2, 0.25) is 0 Å². The lowest BCUT2D eigenvalue weighted by atomic mass is 10.2. The quantitative estimate of drug-likeness (QED) is 0.757. The van der Waals surface area contributed by atoms with Crippen molar-refractivity contribution in [2.24, 2.45) is 0 Å². The van der Waals surface area contributed by atoms with E-state index >= 15 is 0 Å². The first-order valence-electron chi connectivity index (χ1n) is 4.80. The Hall–Kier alpha value is -0.630. The third-order valence-corrected chi connectivity index (χ3v) is 4.75. The normalized spacial score (nSPS) is 28.1. The lowest BCUT2D eigenvalue weighted by Gasteiger charge is -2.20. The minimum Gasteiger partial charge on any atom is -0.289 e. The molecule has 14 heavy (non-hydrogen) atoms. The predicted octanol–water partition coefficient (Wildman–Crippen LogP) is 1.91. The van der Waals surface area contributed by atoms with E-state index in [9.17, 15) is 4.57 Å². The van der Waals surface area contributed by atoms with Crippen LogP contribution in [0.3, 0.4) is 0 Å². The number of nitrogens with one attached hydrogen (secondary N) is 1. The largest absolute Gasteiger partial charge is 0.289 e. The predicted molar refractivity (Wildman–Crippen MR) is 58.4 cm³/mol. The van der Waals surface area contributed by atoms with E-state index in [0.717, 1.165) is 19.6 Å². The smallest absolute Gasteiger partial charge is 0.211 e. The van der Waals surface area contributed by atoms with Gasteiger partial charge in [0.15, 0.2) is 0 Å². The first-order valence-corrected chi connectivity index (χ1v) is 6.91. The van der Waals surface area contributed by atoms with Gasteiger partial charge in [0.1, 0.15) is 0 Å². The van der Waals surface area contributed by atoms with Crippen molar-refractivity contribution in [1.82, 2.24) is 9.76 Å². The fraction of sp³-hybridized carbons (Fsp3) is 0.400. The highest BCUT2D eigenvalue weighted by molar-refractivity contribution is 7.58. The van der Waals surface area contributed by atoms with Gasteiger partial charge in [-0.15, -0.1) is 0 Å². The third kappa shape index (κ3) is 2.06. The van der Waals surface area contributed by atoms with E-state index in [2.05, 4.69) is 17.2 Å². The van der Waals surface area contributed by atoms with Crippen molar-refractivity contribution < 1.29 is 4.57 Å². The van der Waals surface area contributed by atoms with E-state index < -0.39 is 7.44 Å². The van der Waals surface area contributed by atoms with Crippen LogP contribution in [-0.4, -0.2) is 24.4 Å². The molecule has 1 saturated heterocycles. The molecule has 1 unspecified atom stereocenters. The molecule has 1 fully saturated rings. The maximum absolute atomic E-state index is 12.0. The summed E-state index contributed by atoms with van der Waals surface area (Å²) in [6.45, 7) is 4.29. The van der Waals surface area contributed by atoms with Crippen LogP contribution in [0.15, 0.2) is 30.3 Å². The lowest BCUT2D eigenvalue weighted by Crippen LogP contribution is -2.15. The minimum absolute atomic E-state index is 0.779. The van der Waals surface area contributed by atoms with Crippen LogP contribution in [-0.2, 0) is 11.1 Å². The van der Waals surface area contributed by atoms with Gasteiger partial charge in [-0.25, -0.2) is 4.67 Å². The van der Waals surface area contributed by atoms with Gasteiger partial charge < -0.3 is 0 Å². The maximum Gasteiger partial charge on any atom is 0.211 e. The zero-order valence-corrected chi connectivity index (χ0v) is 9.21. The summed E-state index contributed by atoms with van der Waals surface area (Å²) < 4.78 is 14.0. The highest BCUT2D eigenvalue weighted by Gasteiger charge is 2.29. The molecule has 0 spiro atoms. The Kier molecular flexibility index (Phi) is 2.73. The summed E-state index contributed by atoms with van der Waals surface area (Å²) in [6, 6.07) is 10.2. The Morgan fingerprint density at radius 1 is 1.43 bits per heavy atom. The average molecular weight is 210 g/mol. The molecule has 1 aliphatic rings. The summed E-state index contributed by atoms with van der Waals surface area (Å²) >= 11 is 0. The third-order valence-electron chi connectivity index (χ3n) is 2.52. The van der Waals surface area contributed by atoms with Crippen molar-refractivity contribution >= 4 is 7.44 Å². The van der Waals surface area contributed by atoms with E-state index in [1.165, 1.54) is 5.56 Å². The van der Waals surface area contributed by atoms with Crippen molar-refractivity contribution in [3.63, 3.8) is 0 Å². The van der Waals surface area contributed by atoms with Gasteiger partial charge in [-0.05, 0) is 5.56 Å². The number of benzene rings is 1. The molecular formula is C10H15N2OP. The summed E-state index contributed by atoms with van der Waals surface area (Å²) in [5.41, 5.74) is 1.22. The maximum atomic E-state index is 12.0. The fourth-order valence-electron chi connectivity index (χ4n) is 1.69. The summed E-state index contributed by atoms with van der Waals surface area (Å²) in [5, 5.41) is 3.05. The van der Waals surface area contributed by atoms with Crippen LogP contribution in [0.25, 0.3) is 0 Å². The molecule has 0 aliphatic carbocycles. The van der Waals surface area contributed by atoms with Crippen LogP contribution >= 0.6 is 7.44 Å². The summed E-state index contributed by atoms with van der Waals surface area (Å²) in [5.74, 6) is 0. The molecule has 3 nitrogen and oxygen atoms in total. The second-order valence-corrected chi connectivity index (χ2v) is 6.30. The van der Waals surface area contributed by atoms with Crippen molar-refractivity contribution in [2.75, 3.05) is 19.8 Å². The van der Waals surface area contributed by atoms with Crippen molar-refractivity contribution in [2.45, 2.75) is 6.54 Å². The van der Waals surface area contributed by atoms with Gasteiger partial charge in [0.05, 0.1) is 0 Å². The standard InChI is InChI=1S/C10H15N2OP/c1-14(13)11-7-8-12(14)9-10-5-3-2-4-6-10/h2-6H,7-9H2,1H3,(H,11,13). The van der Waals surface area contributed by atoms with Crippen LogP contribution < -0.4 is 5.09 Å². The molecule has 2 rings (SSSR count). The van der Waals surface area contributed by atoms with Crippen LogP contribution in [0, 0.1) is 0 Å². The first kappa shape index (κ1) is 9.91. The van der Waals surface area contributed by atoms with Crippen LogP contribution in [0.1, 0.15) is 5.56 Å². The monoisotopic (exact) mass is 210 g/mol. The second-order valence-electron chi connectivity index (χ2n) is 3.66. The van der Waals surface area contributed by atoms with E-state index in [0.29, 0.717) is 0 Å². The molecule has 0 saturated carbocycles. The number of nitrogens with zero attached hydrogens (tertiary/aromatic N) is 1. The summed E-state index contributed by atoms with van der Waals surface area (Å²) in [6.07, 6.45) is 0. The number of hydrogen-bond donors (Lipinski definition) is 1. The molecule has 1 N–H and O–H groups in total. The Morgan fingerprint density at radius 2 is 2.14 bits per heavy atom. The van der Waals surface area contributed by atoms with E-state index in [1.54, 1.807) is 6.66 Å². The van der Waals surface area contributed by atoms with Gasteiger partial charge in [0, 0.05) is 26.3 Å². The molecule has 0 amide bonds. The fourth-order valence-corrected chi connectivity index (χ4v) is 3.32. The average Bonchev–Trinajstić information content (AvgIpc) is 2.48. The molecule has 1 heterocycles. The number of rotatable bonds is 2. The zero-order valence-electron chi connectivity index (χ0n) is 8.31. The van der Waals surface area contributed by atoms with E-state index in [4.69, 9.17) is 0 Å². The topological polar surface area (TPSA) is 32.3 Å². The molecule has 1 aromatic rings. The molecule has 1 atom stereocenters. The van der Waals surface area contributed by atoms with Crippen molar-refractivity contribution in [3.05, 3.63) is 35.9 Å². The minimum atomic E-state index is -2.24. The van der Waals surface area contributed by atoms with Crippen LogP contribution in [0.5, 0.6) is 0 Å². The molecule has 76 valence electrons. The highest BCUT2D eigenvalue weighted by atomic mass is 31.2. The second kappa shape index (κ2) is 3.85.